The van der Waals surface area contributed by atoms with Crippen molar-refractivity contribution in [2.24, 2.45) is 5.92 Å². The van der Waals surface area contributed by atoms with Gasteiger partial charge in [0, 0.05) is 0 Å². The third-order valence-corrected chi connectivity index (χ3v) is 6.02. The van der Waals surface area contributed by atoms with Crippen molar-refractivity contribution >= 4 is 22.1 Å². The van der Waals surface area contributed by atoms with E-state index < -0.39 is 45.6 Å². The molecule has 2 rings (SSSR count). The third-order valence-electron chi connectivity index (χ3n) is 4.26. The lowest BCUT2D eigenvalue weighted by Gasteiger charge is -2.26. The molecule has 22 heavy (non-hydrogen) atoms. The molecular weight excluding hydrogens is 312 g/mol. The molecule has 2 fully saturated rings. The maximum absolute atomic E-state index is 12.0. The predicted molar refractivity (Wildman–Crippen MR) is 76.3 cm³/mol. The predicted octanol–water partition coefficient (Wildman–Crippen LogP) is 1.16. The van der Waals surface area contributed by atoms with E-state index in [0.717, 1.165) is 0 Å². The van der Waals surface area contributed by atoms with E-state index in [2.05, 4.69) is 0 Å². The van der Waals surface area contributed by atoms with Crippen LogP contribution in [0.15, 0.2) is 0 Å². The first kappa shape index (κ1) is 17.2. The highest BCUT2D eigenvalue weighted by Gasteiger charge is 2.48. The summed E-state index contributed by atoms with van der Waals surface area (Å²) in [4.78, 5) is 23.6. The van der Waals surface area contributed by atoms with E-state index in [1.165, 1.54) is 6.92 Å². The Labute approximate surface area is 130 Å². The van der Waals surface area contributed by atoms with Crippen molar-refractivity contribution in [3.8, 4) is 0 Å². The van der Waals surface area contributed by atoms with E-state index in [4.69, 9.17) is 13.7 Å². The quantitative estimate of drug-likeness (QED) is 0.550. The van der Waals surface area contributed by atoms with Gasteiger partial charge in [-0.3, -0.25) is 8.98 Å². The Hall–Kier alpha value is -1.15. The average molecular weight is 334 g/mol. The van der Waals surface area contributed by atoms with E-state index >= 15 is 0 Å². The number of ether oxygens (including phenoxy) is 2. The second-order valence-corrected chi connectivity index (χ2v) is 7.77. The number of hydrogen-bond acceptors (Lipinski definition) is 7. The molecule has 1 saturated carbocycles. The molecule has 0 aromatic rings. The van der Waals surface area contributed by atoms with E-state index in [1.54, 1.807) is 6.92 Å². The lowest BCUT2D eigenvalue weighted by atomic mass is 9.94. The molecule has 0 N–H and O–H groups in total. The van der Waals surface area contributed by atoms with Gasteiger partial charge in [-0.15, -0.1) is 0 Å². The Morgan fingerprint density at radius 3 is 2.55 bits per heavy atom. The summed E-state index contributed by atoms with van der Waals surface area (Å²) in [7, 11) is -3.52. The zero-order chi connectivity index (χ0) is 16.5. The Balaban J connectivity index is 1.88. The van der Waals surface area contributed by atoms with Crippen molar-refractivity contribution in [3.63, 3.8) is 0 Å². The minimum Gasteiger partial charge on any atom is -0.457 e. The second-order valence-electron chi connectivity index (χ2n) is 5.93. The number of rotatable bonds is 5. The van der Waals surface area contributed by atoms with Crippen molar-refractivity contribution in [1.82, 2.24) is 0 Å². The molecule has 126 valence electrons. The molecule has 1 aliphatic heterocycles. The fraction of sp³-hybridized carbons (Fsp3) is 0.857. The molecule has 8 heteroatoms. The van der Waals surface area contributed by atoms with Crippen LogP contribution in [0.25, 0.3) is 0 Å². The van der Waals surface area contributed by atoms with Gasteiger partial charge in [-0.05, 0) is 32.6 Å². The van der Waals surface area contributed by atoms with E-state index in [0.29, 0.717) is 25.7 Å². The Bertz CT molecular complexity index is 541. The third kappa shape index (κ3) is 3.60. The van der Waals surface area contributed by atoms with Crippen LogP contribution in [0.5, 0.6) is 0 Å². The van der Waals surface area contributed by atoms with Gasteiger partial charge in [0.2, 0.25) is 0 Å². The minimum absolute atomic E-state index is 0.283. The summed E-state index contributed by atoms with van der Waals surface area (Å²) in [6.07, 6.45) is -0.419. The highest BCUT2D eigenvalue weighted by molar-refractivity contribution is 7.87. The summed E-state index contributed by atoms with van der Waals surface area (Å²) in [6, 6.07) is 0. The second kappa shape index (κ2) is 6.54. The minimum atomic E-state index is -3.52. The van der Waals surface area contributed by atoms with Crippen molar-refractivity contribution in [2.75, 3.05) is 0 Å². The van der Waals surface area contributed by atoms with Crippen molar-refractivity contribution in [3.05, 3.63) is 0 Å². The van der Waals surface area contributed by atoms with Crippen molar-refractivity contribution in [1.29, 1.82) is 0 Å². The monoisotopic (exact) mass is 334 g/mol. The fourth-order valence-corrected chi connectivity index (χ4v) is 4.12. The summed E-state index contributed by atoms with van der Waals surface area (Å²) in [5.74, 6) is -1.41. The number of carbonyl (C=O) groups excluding carboxylic acids is 2. The molecule has 5 unspecified atom stereocenters. The largest absolute Gasteiger partial charge is 0.457 e. The number of fused-ring (bicyclic) bond motifs is 2. The van der Waals surface area contributed by atoms with E-state index in [-0.39, 0.29) is 5.92 Å². The SMILES string of the molecule is CCC(C)C(=O)OC(C)C(=O)OC1CCC2CC1OS2(=O)=O. The first-order chi connectivity index (χ1) is 10.2. The molecular formula is C14H22O7S. The zero-order valence-electron chi connectivity index (χ0n) is 13.0. The molecule has 0 amide bonds. The van der Waals surface area contributed by atoms with Gasteiger partial charge >= 0.3 is 11.9 Å². The summed E-state index contributed by atoms with van der Waals surface area (Å²) in [5.41, 5.74) is 0. The molecule has 5 atom stereocenters. The molecule has 1 heterocycles. The topological polar surface area (TPSA) is 96.0 Å². The normalized spacial score (nSPS) is 32.0. The van der Waals surface area contributed by atoms with E-state index in [9.17, 15) is 18.0 Å². The van der Waals surface area contributed by atoms with Crippen LogP contribution < -0.4 is 0 Å². The molecule has 0 aromatic carbocycles. The lowest BCUT2D eigenvalue weighted by Crippen LogP contribution is -2.38. The van der Waals surface area contributed by atoms with Gasteiger partial charge < -0.3 is 9.47 Å². The van der Waals surface area contributed by atoms with Crippen LogP contribution in [0.4, 0.5) is 0 Å². The van der Waals surface area contributed by atoms with Crippen LogP contribution in [0.1, 0.15) is 46.5 Å². The Morgan fingerprint density at radius 2 is 1.91 bits per heavy atom. The van der Waals surface area contributed by atoms with Crippen LogP contribution in [0, 0.1) is 5.92 Å². The average Bonchev–Trinajstić information content (AvgIpc) is 2.71. The van der Waals surface area contributed by atoms with Crippen LogP contribution in [0.3, 0.4) is 0 Å². The van der Waals surface area contributed by atoms with Gasteiger partial charge in [0.15, 0.2) is 6.10 Å². The number of carbonyl (C=O) groups is 2. The Kier molecular flexibility index (Phi) is 5.11. The highest BCUT2D eigenvalue weighted by atomic mass is 32.2. The van der Waals surface area contributed by atoms with E-state index in [1.807, 2.05) is 6.92 Å². The molecule has 0 radical (unpaired) electrons. The van der Waals surface area contributed by atoms with Crippen LogP contribution >= 0.6 is 0 Å². The van der Waals surface area contributed by atoms with Gasteiger partial charge in [0.1, 0.15) is 12.2 Å². The molecule has 7 nitrogen and oxygen atoms in total. The standard InChI is InChI=1S/C14H22O7S/c1-4-8(2)13(15)19-9(3)14(16)20-11-6-5-10-7-12(11)21-22(10,17)18/h8-12H,4-7H2,1-3H3. The summed E-state index contributed by atoms with van der Waals surface area (Å²) >= 11 is 0. The first-order valence-corrected chi connectivity index (χ1v) is 9.04. The van der Waals surface area contributed by atoms with Gasteiger partial charge in [-0.1, -0.05) is 13.8 Å². The van der Waals surface area contributed by atoms with Crippen LogP contribution in [0.2, 0.25) is 0 Å². The maximum atomic E-state index is 12.0. The smallest absolute Gasteiger partial charge is 0.347 e. The lowest BCUT2D eigenvalue weighted by molar-refractivity contribution is -0.175. The van der Waals surface area contributed by atoms with Crippen molar-refractivity contribution < 1.29 is 31.7 Å². The molecule has 1 saturated heterocycles. The number of hydrogen-bond donors (Lipinski definition) is 0. The van der Waals surface area contributed by atoms with Gasteiger partial charge in [-0.2, -0.15) is 8.42 Å². The fourth-order valence-electron chi connectivity index (χ4n) is 2.56. The summed E-state index contributed by atoms with van der Waals surface area (Å²) in [6.45, 7) is 5.02. The molecule has 2 bridgehead atoms. The molecule has 0 spiro atoms. The maximum Gasteiger partial charge on any atom is 0.347 e. The van der Waals surface area contributed by atoms with Crippen molar-refractivity contribution in [2.45, 2.75) is 70.0 Å². The van der Waals surface area contributed by atoms with Crippen LogP contribution in [-0.2, 0) is 33.4 Å². The summed E-state index contributed by atoms with van der Waals surface area (Å²) in [5, 5.41) is -0.492. The Morgan fingerprint density at radius 1 is 1.23 bits per heavy atom. The molecule has 1 aliphatic carbocycles. The van der Waals surface area contributed by atoms with Gasteiger partial charge in [-0.25, -0.2) is 4.79 Å². The number of esters is 2. The van der Waals surface area contributed by atoms with Gasteiger partial charge in [0.25, 0.3) is 10.1 Å². The summed E-state index contributed by atoms with van der Waals surface area (Å²) < 4.78 is 38.6. The van der Waals surface area contributed by atoms with Crippen LogP contribution in [-0.4, -0.2) is 43.9 Å². The first-order valence-electron chi connectivity index (χ1n) is 7.57. The zero-order valence-corrected chi connectivity index (χ0v) is 13.8. The van der Waals surface area contributed by atoms with Gasteiger partial charge in [0.05, 0.1) is 11.2 Å². The molecule has 0 aromatic heterocycles. The molecule has 2 aliphatic rings. The highest BCUT2D eigenvalue weighted by Crippen LogP contribution is 2.37.